The van der Waals surface area contributed by atoms with Gasteiger partial charge in [0.2, 0.25) is 0 Å². The average molecular weight is 238 g/mol. The molecule has 1 heterocycles. The number of benzene rings is 1. The Morgan fingerprint density at radius 2 is 2.12 bits per heavy atom. The molecule has 1 fully saturated rings. The fourth-order valence-electron chi connectivity index (χ4n) is 2.46. The monoisotopic (exact) mass is 238 g/mol. The van der Waals surface area contributed by atoms with Crippen LogP contribution in [0.15, 0.2) is 18.2 Å². The number of nitrogens with one attached hydrogen (secondary N) is 1. The van der Waals surface area contributed by atoms with Gasteiger partial charge in [-0.15, -0.1) is 0 Å². The summed E-state index contributed by atoms with van der Waals surface area (Å²) in [4.78, 5) is 0. The molecule has 1 aromatic carbocycles. The van der Waals surface area contributed by atoms with Crippen LogP contribution in [0.2, 0.25) is 0 Å². The van der Waals surface area contributed by atoms with E-state index in [4.69, 9.17) is 10.5 Å². The molecule has 1 atom stereocenters. The van der Waals surface area contributed by atoms with E-state index in [1.54, 1.807) is 19.2 Å². The zero-order chi connectivity index (χ0) is 12.3. The molecule has 3 N–H and O–H groups in total. The van der Waals surface area contributed by atoms with Crippen molar-refractivity contribution in [1.29, 1.82) is 0 Å². The minimum Gasteiger partial charge on any atom is -0.496 e. The molecule has 0 saturated carbocycles. The van der Waals surface area contributed by atoms with Gasteiger partial charge in [0.15, 0.2) is 0 Å². The van der Waals surface area contributed by atoms with Crippen molar-refractivity contribution >= 4 is 0 Å². The Morgan fingerprint density at radius 1 is 1.41 bits per heavy atom. The van der Waals surface area contributed by atoms with Gasteiger partial charge in [0.05, 0.1) is 7.11 Å². The lowest BCUT2D eigenvalue weighted by atomic mass is 9.86. The van der Waals surface area contributed by atoms with Crippen LogP contribution in [-0.4, -0.2) is 20.2 Å². The van der Waals surface area contributed by atoms with Crippen molar-refractivity contribution in [2.75, 3.05) is 20.2 Å². The summed E-state index contributed by atoms with van der Waals surface area (Å²) in [6.45, 7) is 1.91. The van der Waals surface area contributed by atoms with Gasteiger partial charge in [-0.2, -0.15) is 0 Å². The highest BCUT2D eigenvalue weighted by molar-refractivity contribution is 5.37. The van der Waals surface area contributed by atoms with Crippen LogP contribution in [0.25, 0.3) is 0 Å². The Bertz CT molecular complexity index is 378. The number of hydrogen-bond donors (Lipinski definition) is 2. The predicted molar refractivity (Wildman–Crippen MR) is 65.5 cm³/mol. The summed E-state index contributed by atoms with van der Waals surface area (Å²) >= 11 is 0. The maximum atomic E-state index is 13.9. The number of rotatable bonds is 3. The summed E-state index contributed by atoms with van der Waals surface area (Å²) < 4.78 is 19.1. The second-order valence-electron chi connectivity index (χ2n) is 4.47. The molecule has 94 valence electrons. The highest BCUT2D eigenvalue weighted by Crippen LogP contribution is 2.34. The van der Waals surface area contributed by atoms with E-state index in [2.05, 4.69) is 5.32 Å². The summed E-state index contributed by atoms with van der Waals surface area (Å²) in [7, 11) is 1.55. The zero-order valence-corrected chi connectivity index (χ0v) is 10.1. The number of methoxy groups -OCH3 is 1. The van der Waals surface area contributed by atoms with Crippen molar-refractivity contribution in [3.63, 3.8) is 0 Å². The maximum absolute atomic E-state index is 13.9. The van der Waals surface area contributed by atoms with Crippen molar-refractivity contribution < 1.29 is 9.13 Å². The van der Waals surface area contributed by atoms with Crippen LogP contribution in [0, 0.1) is 11.7 Å². The third-order valence-corrected chi connectivity index (χ3v) is 3.46. The van der Waals surface area contributed by atoms with E-state index >= 15 is 0 Å². The third kappa shape index (κ3) is 2.58. The average Bonchev–Trinajstić information content (AvgIpc) is 2.38. The highest BCUT2D eigenvalue weighted by Gasteiger charge is 2.26. The van der Waals surface area contributed by atoms with E-state index < -0.39 is 0 Å². The molecule has 4 heteroatoms. The van der Waals surface area contributed by atoms with E-state index in [9.17, 15) is 4.39 Å². The second-order valence-corrected chi connectivity index (χ2v) is 4.47. The molecular formula is C13H19FN2O. The minimum atomic E-state index is -0.284. The molecule has 0 aliphatic carbocycles. The second kappa shape index (κ2) is 5.47. The van der Waals surface area contributed by atoms with E-state index in [1.165, 1.54) is 6.07 Å². The van der Waals surface area contributed by atoms with Crippen LogP contribution in [0.4, 0.5) is 4.39 Å². The largest absolute Gasteiger partial charge is 0.496 e. The summed E-state index contributed by atoms with van der Waals surface area (Å²) in [6.07, 6.45) is 1.97. The van der Waals surface area contributed by atoms with E-state index in [-0.39, 0.29) is 11.9 Å². The molecule has 2 rings (SSSR count). The van der Waals surface area contributed by atoms with Crippen molar-refractivity contribution in [3.8, 4) is 5.75 Å². The quantitative estimate of drug-likeness (QED) is 0.844. The fraction of sp³-hybridized carbons (Fsp3) is 0.538. The molecule has 0 radical (unpaired) electrons. The first-order valence-electron chi connectivity index (χ1n) is 6.02. The Balaban J connectivity index is 2.25. The Hall–Kier alpha value is -1.13. The van der Waals surface area contributed by atoms with Gasteiger partial charge in [-0.25, -0.2) is 4.39 Å². The van der Waals surface area contributed by atoms with E-state index in [0.29, 0.717) is 17.2 Å². The SMILES string of the molecule is COc1cccc(F)c1[C@H](N)C1CCNCC1. The molecule has 17 heavy (non-hydrogen) atoms. The topological polar surface area (TPSA) is 47.3 Å². The van der Waals surface area contributed by atoms with Gasteiger partial charge in [0.1, 0.15) is 11.6 Å². The Morgan fingerprint density at radius 3 is 2.76 bits per heavy atom. The minimum absolute atomic E-state index is 0.268. The number of halogens is 1. The van der Waals surface area contributed by atoms with Gasteiger partial charge < -0.3 is 15.8 Å². The van der Waals surface area contributed by atoms with Crippen LogP contribution in [0.1, 0.15) is 24.4 Å². The predicted octanol–water partition coefficient (Wildman–Crippen LogP) is 1.83. The van der Waals surface area contributed by atoms with Crippen LogP contribution < -0.4 is 15.8 Å². The van der Waals surface area contributed by atoms with Crippen LogP contribution in [0.5, 0.6) is 5.75 Å². The molecule has 0 aromatic heterocycles. The van der Waals surface area contributed by atoms with Crippen LogP contribution in [0.3, 0.4) is 0 Å². The van der Waals surface area contributed by atoms with Crippen molar-refractivity contribution in [2.45, 2.75) is 18.9 Å². The molecule has 1 aliphatic heterocycles. The molecule has 1 aliphatic rings. The number of ether oxygens (including phenoxy) is 1. The first-order chi connectivity index (χ1) is 8.24. The maximum Gasteiger partial charge on any atom is 0.131 e. The number of hydrogen-bond acceptors (Lipinski definition) is 3. The molecule has 0 bridgehead atoms. The van der Waals surface area contributed by atoms with Crippen molar-refractivity contribution in [3.05, 3.63) is 29.6 Å². The Kier molecular flexibility index (Phi) is 3.97. The van der Waals surface area contributed by atoms with E-state index in [1.807, 2.05) is 0 Å². The number of nitrogens with two attached hydrogens (primary N) is 1. The molecule has 1 saturated heterocycles. The zero-order valence-electron chi connectivity index (χ0n) is 10.1. The standard InChI is InChI=1S/C13H19FN2O/c1-17-11-4-2-3-10(14)12(11)13(15)9-5-7-16-8-6-9/h2-4,9,13,16H,5-8,15H2,1H3/t13-/m1/s1. The molecule has 0 spiro atoms. The van der Waals surface area contributed by atoms with Crippen molar-refractivity contribution in [2.24, 2.45) is 11.7 Å². The van der Waals surface area contributed by atoms with Gasteiger partial charge in [-0.3, -0.25) is 0 Å². The molecule has 0 amide bonds. The lowest BCUT2D eigenvalue weighted by Gasteiger charge is -2.29. The van der Waals surface area contributed by atoms with Crippen molar-refractivity contribution in [1.82, 2.24) is 5.32 Å². The lowest BCUT2D eigenvalue weighted by molar-refractivity contribution is 0.307. The highest BCUT2D eigenvalue weighted by atomic mass is 19.1. The van der Waals surface area contributed by atoms with Crippen LogP contribution >= 0.6 is 0 Å². The van der Waals surface area contributed by atoms with Gasteiger partial charge in [0.25, 0.3) is 0 Å². The summed E-state index contributed by atoms with van der Waals surface area (Å²) in [5.41, 5.74) is 6.71. The molecule has 0 unspecified atom stereocenters. The Labute approximate surface area is 101 Å². The summed E-state index contributed by atoms with van der Waals surface area (Å²) in [6, 6.07) is 4.57. The normalized spacial score (nSPS) is 19.0. The van der Waals surface area contributed by atoms with Crippen LogP contribution in [-0.2, 0) is 0 Å². The van der Waals surface area contributed by atoms with Gasteiger partial charge in [0, 0.05) is 11.6 Å². The molecule has 1 aromatic rings. The smallest absolute Gasteiger partial charge is 0.131 e. The van der Waals surface area contributed by atoms with Gasteiger partial charge in [-0.1, -0.05) is 6.07 Å². The summed E-state index contributed by atoms with van der Waals surface area (Å²) in [5.74, 6) is 0.605. The summed E-state index contributed by atoms with van der Waals surface area (Å²) in [5, 5.41) is 3.28. The van der Waals surface area contributed by atoms with Gasteiger partial charge >= 0.3 is 0 Å². The van der Waals surface area contributed by atoms with Gasteiger partial charge in [-0.05, 0) is 44.0 Å². The molecular weight excluding hydrogens is 219 g/mol. The van der Waals surface area contributed by atoms with E-state index in [0.717, 1.165) is 25.9 Å². The lowest BCUT2D eigenvalue weighted by Crippen LogP contribution is -2.34. The first kappa shape index (κ1) is 12.3. The third-order valence-electron chi connectivity index (χ3n) is 3.46. The number of piperidine rings is 1. The fourth-order valence-corrected chi connectivity index (χ4v) is 2.46. The molecule has 3 nitrogen and oxygen atoms in total. The first-order valence-corrected chi connectivity index (χ1v) is 6.02.